The van der Waals surface area contributed by atoms with Gasteiger partial charge in [0, 0.05) is 24.7 Å². The monoisotopic (exact) mass is 312 g/mol. The average molecular weight is 312 g/mol. The SMILES string of the molecule is Cc1cccc(C(O)CNC(C)CC(=O)Nc2ccccc2)c1. The summed E-state index contributed by atoms with van der Waals surface area (Å²) in [6.07, 6.45) is -0.218. The Hall–Kier alpha value is -2.17. The van der Waals surface area contributed by atoms with Crippen molar-refractivity contribution >= 4 is 11.6 Å². The lowest BCUT2D eigenvalue weighted by molar-refractivity contribution is -0.116. The topological polar surface area (TPSA) is 61.4 Å². The molecule has 2 aromatic rings. The fourth-order valence-electron chi connectivity index (χ4n) is 2.39. The fourth-order valence-corrected chi connectivity index (χ4v) is 2.39. The molecule has 2 aromatic carbocycles. The van der Waals surface area contributed by atoms with Crippen molar-refractivity contribution < 1.29 is 9.90 Å². The number of anilines is 1. The van der Waals surface area contributed by atoms with Gasteiger partial charge in [0.2, 0.25) is 5.91 Å². The van der Waals surface area contributed by atoms with E-state index in [2.05, 4.69) is 10.6 Å². The summed E-state index contributed by atoms with van der Waals surface area (Å²) < 4.78 is 0. The third kappa shape index (κ3) is 5.85. The molecule has 2 atom stereocenters. The highest BCUT2D eigenvalue weighted by molar-refractivity contribution is 5.90. The van der Waals surface area contributed by atoms with Crippen LogP contribution in [-0.4, -0.2) is 23.6 Å². The van der Waals surface area contributed by atoms with Crippen molar-refractivity contribution in [1.29, 1.82) is 0 Å². The molecule has 0 aliphatic heterocycles. The number of rotatable bonds is 7. The van der Waals surface area contributed by atoms with Gasteiger partial charge in [-0.2, -0.15) is 0 Å². The van der Waals surface area contributed by atoms with Crippen molar-refractivity contribution in [3.63, 3.8) is 0 Å². The number of carbonyl (C=O) groups excluding carboxylic acids is 1. The molecule has 0 saturated carbocycles. The van der Waals surface area contributed by atoms with Gasteiger partial charge in [-0.05, 0) is 31.5 Å². The lowest BCUT2D eigenvalue weighted by atomic mass is 10.1. The fraction of sp³-hybridized carbons (Fsp3) is 0.316. The highest BCUT2D eigenvalue weighted by Crippen LogP contribution is 2.14. The smallest absolute Gasteiger partial charge is 0.225 e. The van der Waals surface area contributed by atoms with Crippen molar-refractivity contribution in [2.75, 3.05) is 11.9 Å². The van der Waals surface area contributed by atoms with Crippen molar-refractivity contribution in [3.8, 4) is 0 Å². The maximum atomic E-state index is 12.0. The number of aryl methyl sites for hydroxylation is 1. The van der Waals surface area contributed by atoms with Gasteiger partial charge in [-0.3, -0.25) is 4.79 Å². The molecule has 0 aliphatic rings. The van der Waals surface area contributed by atoms with Crippen molar-refractivity contribution in [3.05, 3.63) is 65.7 Å². The Labute approximate surface area is 137 Å². The van der Waals surface area contributed by atoms with Crippen LogP contribution in [0.15, 0.2) is 54.6 Å². The Balaban J connectivity index is 1.76. The molecule has 0 aliphatic carbocycles. The molecule has 122 valence electrons. The second kappa shape index (κ2) is 8.46. The Morgan fingerprint density at radius 3 is 2.57 bits per heavy atom. The molecule has 0 radical (unpaired) electrons. The molecule has 0 saturated heterocycles. The summed E-state index contributed by atoms with van der Waals surface area (Å²) in [5.41, 5.74) is 2.81. The molecule has 3 N–H and O–H groups in total. The first-order valence-corrected chi connectivity index (χ1v) is 7.87. The third-order valence-corrected chi connectivity index (χ3v) is 3.64. The zero-order chi connectivity index (χ0) is 16.7. The average Bonchev–Trinajstić information content (AvgIpc) is 2.53. The molecule has 0 fully saturated rings. The Bertz CT molecular complexity index is 628. The highest BCUT2D eigenvalue weighted by atomic mass is 16.3. The number of hydrogen-bond acceptors (Lipinski definition) is 3. The van der Waals surface area contributed by atoms with Gasteiger partial charge < -0.3 is 15.7 Å². The lowest BCUT2D eigenvalue weighted by Gasteiger charge is -2.17. The number of carbonyl (C=O) groups is 1. The van der Waals surface area contributed by atoms with Gasteiger partial charge in [0.05, 0.1) is 6.10 Å². The van der Waals surface area contributed by atoms with E-state index in [4.69, 9.17) is 0 Å². The molecule has 0 heterocycles. The van der Waals surface area contributed by atoms with Gasteiger partial charge >= 0.3 is 0 Å². The molecule has 1 amide bonds. The summed E-state index contributed by atoms with van der Waals surface area (Å²) in [5, 5.41) is 16.3. The Morgan fingerprint density at radius 1 is 1.13 bits per heavy atom. The Kier molecular flexibility index (Phi) is 6.32. The van der Waals surface area contributed by atoms with E-state index in [1.165, 1.54) is 0 Å². The van der Waals surface area contributed by atoms with Gasteiger partial charge in [-0.25, -0.2) is 0 Å². The van der Waals surface area contributed by atoms with E-state index in [0.29, 0.717) is 13.0 Å². The number of benzene rings is 2. The summed E-state index contributed by atoms with van der Waals surface area (Å²) in [6.45, 7) is 4.36. The minimum Gasteiger partial charge on any atom is -0.387 e. The molecule has 4 heteroatoms. The van der Waals surface area contributed by atoms with Crippen molar-refractivity contribution in [1.82, 2.24) is 5.32 Å². The summed E-state index contributed by atoms with van der Waals surface area (Å²) in [5.74, 6) is -0.0405. The Morgan fingerprint density at radius 2 is 1.87 bits per heavy atom. The molecular weight excluding hydrogens is 288 g/mol. The van der Waals surface area contributed by atoms with Gasteiger partial charge in [-0.1, -0.05) is 48.0 Å². The second-order valence-electron chi connectivity index (χ2n) is 5.86. The van der Waals surface area contributed by atoms with E-state index in [9.17, 15) is 9.90 Å². The van der Waals surface area contributed by atoms with E-state index in [0.717, 1.165) is 16.8 Å². The molecule has 4 nitrogen and oxygen atoms in total. The molecule has 23 heavy (non-hydrogen) atoms. The lowest BCUT2D eigenvalue weighted by Crippen LogP contribution is -2.33. The largest absolute Gasteiger partial charge is 0.387 e. The number of aliphatic hydroxyl groups is 1. The van der Waals surface area contributed by atoms with Crippen LogP contribution in [0.4, 0.5) is 5.69 Å². The summed E-state index contributed by atoms with van der Waals surface area (Å²) in [6, 6.07) is 17.2. The van der Waals surface area contributed by atoms with Crippen LogP contribution in [0.2, 0.25) is 0 Å². The number of amides is 1. The summed E-state index contributed by atoms with van der Waals surface area (Å²) >= 11 is 0. The predicted molar refractivity (Wildman–Crippen MR) is 93.3 cm³/mol. The first-order valence-electron chi connectivity index (χ1n) is 7.87. The molecule has 2 unspecified atom stereocenters. The highest BCUT2D eigenvalue weighted by Gasteiger charge is 2.12. The number of aliphatic hydroxyl groups excluding tert-OH is 1. The zero-order valence-corrected chi connectivity index (χ0v) is 13.6. The third-order valence-electron chi connectivity index (χ3n) is 3.64. The molecule has 0 aromatic heterocycles. The molecule has 0 spiro atoms. The van der Waals surface area contributed by atoms with Crippen molar-refractivity contribution in [2.24, 2.45) is 0 Å². The summed E-state index contributed by atoms with van der Waals surface area (Å²) in [4.78, 5) is 12.0. The molecule has 2 rings (SSSR count). The van der Waals surface area contributed by atoms with Crippen molar-refractivity contribution in [2.45, 2.75) is 32.4 Å². The van der Waals surface area contributed by atoms with Crippen LogP contribution in [0.5, 0.6) is 0 Å². The zero-order valence-electron chi connectivity index (χ0n) is 13.6. The van der Waals surface area contributed by atoms with Crippen LogP contribution >= 0.6 is 0 Å². The standard InChI is InChI=1S/C19H24N2O2/c1-14-7-6-8-16(11-14)18(22)13-20-15(2)12-19(23)21-17-9-4-3-5-10-17/h3-11,15,18,20,22H,12-13H2,1-2H3,(H,21,23). The first-order chi connectivity index (χ1) is 11.0. The van der Waals surface area contributed by atoms with Crippen LogP contribution in [0.25, 0.3) is 0 Å². The maximum absolute atomic E-state index is 12.0. The number of para-hydroxylation sites is 1. The van der Waals surface area contributed by atoms with E-state index in [1.54, 1.807) is 0 Å². The van der Waals surface area contributed by atoms with E-state index in [1.807, 2.05) is 68.4 Å². The number of hydrogen-bond donors (Lipinski definition) is 3. The van der Waals surface area contributed by atoms with Gasteiger partial charge in [-0.15, -0.1) is 0 Å². The minimum atomic E-state index is -0.575. The quantitative estimate of drug-likeness (QED) is 0.736. The van der Waals surface area contributed by atoms with Gasteiger partial charge in [0.25, 0.3) is 0 Å². The number of nitrogens with one attached hydrogen (secondary N) is 2. The summed E-state index contributed by atoms with van der Waals surface area (Å²) in [7, 11) is 0. The van der Waals surface area contributed by atoms with E-state index in [-0.39, 0.29) is 11.9 Å². The van der Waals surface area contributed by atoms with E-state index >= 15 is 0 Å². The predicted octanol–water partition coefficient (Wildman–Crippen LogP) is 3.04. The van der Waals surface area contributed by atoms with Crippen LogP contribution < -0.4 is 10.6 Å². The van der Waals surface area contributed by atoms with Crippen LogP contribution in [-0.2, 0) is 4.79 Å². The maximum Gasteiger partial charge on any atom is 0.225 e. The first kappa shape index (κ1) is 17.2. The normalized spacial score (nSPS) is 13.3. The minimum absolute atomic E-state index is 0.0156. The van der Waals surface area contributed by atoms with Crippen LogP contribution in [0, 0.1) is 6.92 Å². The van der Waals surface area contributed by atoms with E-state index < -0.39 is 6.10 Å². The van der Waals surface area contributed by atoms with Crippen LogP contribution in [0.1, 0.15) is 30.6 Å². The molecule has 0 bridgehead atoms. The molecular formula is C19H24N2O2. The second-order valence-corrected chi connectivity index (χ2v) is 5.86. The van der Waals surface area contributed by atoms with Gasteiger partial charge in [0.15, 0.2) is 0 Å². The van der Waals surface area contributed by atoms with Crippen LogP contribution in [0.3, 0.4) is 0 Å². The van der Waals surface area contributed by atoms with Gasteiger partial charge in [0.1, 0.15) is 0 Å².